The standard InChI is InChI=1S/C5H8N2O2/c1-3-2-6-7-4(3)5(8)9/h2,5,8-9H,1H3,(H,6,7). The third kappa shape index (κ3) is 1.09. The molecule has 0 bridgehead atoms. The maximum atomic E-state index is 8.58. The van der Waals surface area contributed by atoms with Gasteiger partial charge in [-0.2, -0.15) is 5.10 Å². The summed E-state index contributed by atoms with van der Waals surface area (Å²) in [7, 11) is 0. The smallest absolute Gasteiger partial charge is 0.195 e. The molecule has 1 aromatic rings. The molecule has 0 aliphatic carbocycles. The van der Waals surface area contributed by atoms with Crippen LogP contribution in [0.15, 0.2) is 6.20 Å². The fourth-order valence-corrected chi connectivity index (χ4v) is 0.618. The Morgan fingerprint density at radius 3 is 2.56 bits per heavy atom. The van der Waals surface area contributed by atoms with Crippen LogP contribution < -0.4 is 0 Å². The number of aliphatic hydroxyl groups is 2. The first-order valence-electron chi connectivity index (χ1n) is 2.58. The molecule has 0 spiro atoms. The minimum atomic E-state index is -1.44. The number of aryl methyl sites for hydroxylation is 1. The molecule has 0 amide bonds. The van der Waals surface area contributed by atoms with Crippen LogP contribution in [0.2, 0.25) is 0 Å². The summed E-state index contributed by atoms with van der Waals surface area (Å²) in [5, 5.41) is 23.2. The van der Waals surface area contributed by atoms with Gasteiger partial charge in [-0.25, -0.2) is 0 Å². The molecule has 1 heterocycles. The Kier molecular flexibility index (Phi) is 1.50. The van der Waals surface area contributed by atoms with Gasteiger partial charge in [0.1, 0.15) is 0 Å². The Labute approximate surface area is 52.1 Å². The van der Waals surface area contributed by atoms with Crippen molar-refractivity contribution in [2.75, 3.05) is 0 Å². The SMILES string of the molecule is Cc1cn[nH]c1C(O)O. The van der Waals surface area contributed by atoms with Gasteiger partial charge in [0.15, 0.2) is 6.29 Å². The molecule has 9 heavy (non-hydrogen) atoms. The second-order valence-corrected chi connectivity index (χ2v) is 1.84. The van der Waals surface area contributed by atoms with Crippen LogP contribution in [0.1, 0.15) is 17.5 Å². The van der Waals surface area contributed by atoms with Crippen LogP contribution in [0.4, 0.5) is 0 Å². The number of hydrogen-bond acceptors (Lipinski definition) is 3. The Balaban J connectivity index is 2.94. The van der Waals surface area contributed by atoms with Crippen molar-refractivity contribution < 1.29 is 10.2 Å². The molecule has 0 aliphatic rings. The van der Waals surface area contributed by atoms with E-state index in [-0.39, 0.29) is 0 Å². The van der Waals surface area contributed by atoms with Crippen molar-refractivity contribution in [1.82, 2.24) is 10.2 Å². The lowest BCUT2D eigenvalue weighted by molar-refractivity contribution is -0.0462. The van der Waals surface area contributed by atoms with E-state index in [9.17, 15) is 0 Å². The van der Waals surface area contributed by atoms with E-state index in [1.165, 1.54) is 6.20 Å². The zero-order valence-corrected chi connectivity index (χ0v) is 5.00. The molecule has 1 aromatic heterocycles. The van der Waals surface area contributed by atoms with Gasteiger partial charge >= 0.3 is 0 Å². The highest BCUT2D eigenvalue weighted by atomic mass is 16.5. The summed E-state index contributed by atoms with van der Waals surface area (Å²) >= 11 is 0. The van der Waals surface area contributed by atoms with Gasteiger partial charge in [0, 0.05) is 0 Å². The maximum Gasteiger partial charge on any atom is 0.195 e. The first-order valence-corrected chi connectivity index (χ1v) is 2.58. The molecule has 0 atom stereocenters. The third-order valence-electron chi connectivity index (χ3n) is 1.13. The zero-order chi connectivity index (χ0) is 6.85. The molecule has 0 fully saturated rings. The fraction of sp³-hybridized carbons (Fsp3) is 0.400. The number of aromatic nitrogens is 2. The van der Waals surface area contributed by atoms with E-state index in [0.29, 0.717) is 5.69 Å². The summed E-state index contributed by atoms with van der Waals surface area (Å²) in [5.41, 5.74) is 1.11. The molecule has 1 rings (SSSR count). The summed E-state index contributed by atoms with van der Waals surface area (Å²) in [6, 6.07) is 0. The predicted octanol–water partition coefficient (Wildman–Crippen LogP) is -0.299. The normalized spacial score (nSPS) is 10.7. The second kappa shape index (κ2) is 2.16. The zero-order valence-electron chi connectivity index (χ0n) is 5.00. The largest absolute Gasteiger partial charge is 0.363 e. The number of nitrogens with zero attached hydrogens (tertiary/aromatic N) is 1. The Morgan fingerprint density at radius 2 is 2.33 bits per heavy atom. The topological polar surface area (TPSA) is 69.1 Å². The average molecular weight is 128 g/mol. The van der Waals surface area contributed by atoms with Gasteiger partial charge in [0.2, 0.25) is 0 Å². The highest BCUT2D eigenvalue weighted by Crippen LogP contribution is 2.09. The van der Waals surface area contributed by atoms with Crippen LogP contribution in [0, 0.1) is 6.92 Å². The molecule has 4 nitrogen and oxygen atoms in total. The van der Waals surface area contributed by atoms with Crippen molar-refractivity contribution in [3.8, 4) is 0 Å². The van der Waals surface area contributed by atoms with E-state index < -0.39 is 6.29 Å². The average Bonchev–Trinajstić information content (AvgIpc) is 2.13. The lowest BCUT2D eigenvalue weighted by Gasteiger charge is -1.98. The molecule has 0 saturated carbocycles. The molecule has 4 heteroatoms. The summed E-state index contributed by atoms with van der Waals surface area (Å²) in [6.07, 6.45) is 0.0990. The first kappa shape index (κ1) is 6.25. The van der Waals surface area contributed by atoms with Gasteiger partial charge in [0.25, 0.3) is 0 Å². The van der Waals surface area contributed by atoms with Crippen molar-refractivity contribution >= 4 is 0 Å². The second-order valence-electron chi connectivity index (χ2n) is 1.84. The van der Waals surface area contributed by atoms with Gasteiger partial charge < -0.3 is 10.2 Å². The third-order valence-corrected chi connectivity index (χ3v) is 1.13. The summed E-state index contributed by atoms with van der Waals surface area (Å²) < 4.78 is 0. The quantitative estimate of drug-likeness (QED) is 0.455. The van der Waals surface area contributed by atoms with Gasteiger partial charge in [-0.05, 0) is 12.5 Å². The van der Waals surface area contributed by atoms with Gasteiger partial charge in [-0.15, -0.1) is 0 Å². The summed E-state index contributed by atoms with van der Waals surface area (Å²) in [6.45, 7) is 1.75. The molecule has 0 radical (unpaired) electrons. The van der Waals surface area contributed by atoms with E-state index in [0.717, 1.165) is 5.56 Å². The van der Waals surface area contributed by atoms with Crippen LogP contribution in [0.25, 0.3) is 0 Å². The van der Waals surface area contributed by atoms with Crippen LogP contribution in [0.3, 0.4) is 0 Å². The van der Waals surface area contributed by atoms with Gasteiger partial charge in [-0.3, -0.25) is 5.10 Å². The van der Waals surface area contributed by atoms with Crippen molar-refractivity contribution in [3.05, 3.63) is 17.5 Å². The van der Waals surface area contributed by atoms with Crippen LogP contribution in [0.5, 0.6) is 0 Å². The number of aliphatic hydroxyl groups excluding tert-OH is 1. The monoisotopic (exact) mass is 128 g/mol. The van der Waals surface area contributed by atoms with E-state index in [1.807, 2.05) is 0 Å². The molecule has 0 aromatic carbocycles. The van der Waals surface area contributed by atoms with Crippen LogP contribution in [-0.2, 0) is 0 Å². The summed E-state index contributed by atoms with van der Waals surface area (Å²) in [5.74, 6) is 0. The maximum absolute atomic E-state index is 8.58. The number of H-pyrrole nitrogens is 1. The number of rotatable bonds is 1. The first-order chi connectivity index (χ1) is 4.22. The van der Waals surface area contributed by atoms with Crippen LogP contribution in [-0.4, -0.2) is 20.4 Å². The Morgan fingerprint density at radius 1 is 1.67 bits per heavy atom. The molecule has 50 valence electrons. The highest BCUT2D eigenvalue weighted by molar-refractivity contribution is 5.14. The number of aromatic amines is 1. The minimum Gasteiger partial charge on any atom is -0.363 e. The van der Waals surface area contributed by atoms with E-state index in [4.69, 9.17) is 10.2 Å². The molecule has 0 saturated heterocycles. The van der Waals surface area contributed by atoms with Crippen molar-refractivity contribution in [3.63, 3.8) is 0 Å². The van der Waals surface area contributed by atoms with E-state index >= 15 is 0 Å². The van der Waals surface area contributed by atoms with Crippen LogP contribution >= 0.6 is 0 Å². The van der Waals surface area contributed by atoms with Gasteiger partial charge in [0.05, 0.1) is 11.9 Å². The molecule has 3 N–H and O–H groups in total. The Bertz CT molecular complexity index is 195. The number of nitrogens with one attached hydrogen (secondary N) is 1. The molecule has 0 unspecified atom stereocenters. The van der Waals surface area contributed by atoms with E-state index in [1.54, 1.807) is 6.92 Å². The minimum absolute atomic E-state index is 0.356. The summed E-state index contributed by atoms with van der Waals surface area (Å²) in [4.78, 5) is 0. The Hall–Kier alpha value is -0.870. The molecular formula is C5H8N2O2. The highest BCUT2D eigenvalue weighted by Gasteiger charge is 2.06. The van der Waals surface area contributed by atoms with Crippen molar-refractivity contribution in [2.45, 2.75) is 13.2 Å². The van der Waals surface area contributed by atoms with Crippen molar-refractivity contribution in [1.29, 1.82) is 0 Å². The van der Waals surface area contributed by atoms with Crippen molar-refractivity contribution in [2.24, 2.45) is 0 Å². The molecule has 0 aliphatic heterocycles. The predicted molar refractivity (Wildman–Crippen MR) is 30.5 cm³/mol. The fourth-order valence-electron chi connectivity index (χ4n) is 0.618. The lowest BCUT2D eigenvalue weighted by atomic mass is 10.3. The van der Waals surface area contributed by atoms with E-state index in [2.05, 4.69) is 10.2 Å². The molecular weight excluding hydrogens is 120 g/mol. The lowest BCUT2D eigenvalue weighted by Crippen LogP contribution is -1.96. The van der Waals surface area contributed by atoms with Gasteiger partial charge in [-0.1, -0.05) is 0 Å². The number of hydrogen-bond donors (Lipinski definition) is 3.